The Morgan fingerprint density at radius 2 is 1.61 bits per heavy atom. The Bertz CT molecular complexity index is 1120. The average molecular weight is 392 g/mol. The van der Waals surface area contributed by atoms with E-state index in [9.17, 15) is 13.2 Å². The summed E-state index contributed by atoms with van der Waals surface area (Å²) in [5.41, 5.74) is 4.09. The number of carbonyl (C=O) groups excluding carboxylic acids is 1. The second-order valence-electron chi connectivity index (χ2n) is 6.83. The summed E-state index contributed by atoms with van der Waals surface area (Å²) in [6, 6.07) is 21.0. The molecule has 0 saturated heterocycles. The van der Waals surface area contributed by atoms with Crippen LogP contribution in [0.5, 0.6) is 0 Å². The fourth-order valence-electron chi connectivity index (χ4n) is 3.32. The molecule has 28 heavy (non-hydrogen) atoms. The molecule has 4 rings (SSSR count). The third-order valence-corrected chi connectivity index (χ3v) is 6.24. The molecule has 0 unspecified atom stereocenters. The number of para-hydroxylation sites is 1. The number of carbonyl (C=O) groups is 1. The van der Waals surface area contributed by atoms with Gasteiger partial charge in [0.1, 0.15) is 0 Å². The van der Waals surface area contributed by atoms with Crippen molar-refractivity contribution in [1.82, 2.24) is 0 Å². The van der Waals surface area contributed by atoms with Crippen molar-refractivity contribution in [3.8, 4) is 0 Å². The molecule has 1 aliphatic rings. The summed E-state index contributed by atoms with van der Waals surface area (Å²) >= 11 is 0. The van der Waals surface area contributed by atoms with E-state index >= 15 is 0 Å². The SMILES string of the molecule is Cc1ccc(NS(=O)(=O)c2ccc(C(=O)N3CCc4ccccc43)cc2)cc1. The van der Waals surface area contributed by atoms with Crippen molar-refractivity contribution in [3.05, 3.63) is 89.5 Å². The maximum Gasteiger partial charge on any atom is 0.261 e. The summed E-state index contributed by atoms with van der Waals surface area (Å²) in [5, 5.41) is 0. The van der Waals surface area contributed by atoms with Crippen LogP contribution in [0.4, 0.5) is 11.4 Å². The molecule has 3 aromatic rings. The van der Waals surface area contributed by atoms with Crippen molar-refractivity contribution < 1.29 is 13.2 Å². The van der Waals surface area contributed by atoms with Crippen LogP contribution in [0.25, 0.3) is 0 Å². The lowest BCUT2D eigenvalue weighted by atomic mass is 10.1. The molecule has 5 nitrogen and oxygen atoms in total. The van der Waals surface area contributed by atoms with Crippen LogP contribution < -0.4 is 9.62 Å². The van der Waals surface area contributed by atoms with E-state index < -0.39 is 10.0 Å². The Morgan fingerprint density at radius 3 is 2.32 bits per heavy atom. The molecule has 6 heteroatoms. The van der Waals surface area contributed by atoms with Gasteiger partial charge in [0, 0.05) is 23.5 Å². The van der Waals surface area contributed by atoms with Crippen LogP contribution in [0.3, 0.4) is 0 Å². The summed E-state index contributed by atoms with van der Waals surface area (Å²) in [7, 11) is -3.71. The number of nitrogens with one attached hydrogen (secondary N) is 1. The molecule has 3 aromatic carbocycles. The van der Waals surface area contributed by atoms with Crippen LogP contribution in [0, 0.1) is 6.92 Å². The van der Waals surface area contributed by atoms with Crippen LogP contribution in [0.1, 0.15) is 21.5 Å². The topological polar surface area (TPSA) is 66.5 Å². The van der Waals surface area contributed by atoms with Gasteiger partial charge in [-0.05, 0) is 61.4 Å². The third kappa shape index (κ3) is 3.51. The second-order valence-corrected chi connectivity index (χ2v) is 8.51. The maximum atomic E-state index is 12.9. The molecule has 0 fully saturated rings. The number of rotatable bonds is 4. The fraction of sp³-hybridized carbons (Fsp3) is 0.136. The molecule has 1 N–H and O–H groups in total. The first kappa shape index (κ1) is 18.3. The lowest BCUT2D eigenvalue weighted by Crippen LogP contribution is -2.28. The van der Waals surface area contributed by atoms with E-state index in [1.807, 2.05) is 43.3 Å². The van der Waals surface area contributed by atoms with Gasteiger partial charge in [0.2, 0.25) is 0 Å². The van der Waals surface area contributed by atoms with Gasteiger partial charge < -0.3 is 4.90 Å². The summed E-state index contributed by atoms with van der Waals surface area (Å²) in [6.07, 6.45) is 0.828. The molecule has 142 valence electrons. The van der Waals surface area contributed by atoms with E-state index in [1.165, 1.54) is 12.1 Å². The molecule has 0 aromatic heterocycles. The number of nitrogens with zero attached hydrogens (tertiary/aromatic N) is 1. The zero-order valence-corrected chi connectivity index (χ0v) is 16.2. The Morgan fingerprint density at radius 1 is 0.929 bits per heavy atom. The van der Waals surface area contributed by atoms with E-state index in [2.05, 4.69) is 4.72 Å². The molecule has 1 amide bonds. The van der Waals surface area contributed by atoms with Gasteiger partial charge in [0.05, 0.1) is 4.90 Å². The van der Waals surface area contributed by atoms with Crippen LogP contribution in [-0.2, 0) is 16.4 Å². The van der Waals surface area contributed by atoms with Crippen LogP contribution in [-0.4, -0.2) is 20.9 Å². The number of amides is 1. The quantitative estimate of drug-likeness (QED) is 0.730. The van der Waals surface area contributed by atoms with E-state index in [4.69, 9.17) is 0 Å². The lowest BCUT2D eigenvalue weighted by molar-refractivity contribution is 0.0989. The minimum absolute atomic E-state index is 0.117. The van der Waals surface area contributed by atoms with Gasteiger partial charge in [-0.1, -0.05) is 35.9 Å². The van der Waals surface area contributed by atoms with Gasteiger partial charge in [-0.25, -0.2) is 8.42 Å². The predicted octanol–water partition coefficient (Wildman–Crippen LogP) is 4.00. The maximum absolute atomic E-state index is 12.9. The molecule has 1 aliphatic heterocycles. The average Bonchev–Trinajstić information content (AvgIpc) is 3.13. The van der Waals surface area contributed by atoms with Crippen LogP contribution in [0.2, 0.25) is 0 Å². The summed E-state index contributed by atoms with van der Waals surface area (Å²) in [4.78, 5) is 14.7. The van der Waals surface area contributed by atoms with Gasteiger partial charge in [0.25, 0.3) is 15.9 Å². The molecule has 0 bridgehead atoms. The zero-order chi connectivity index (χ0) is 19.7. The van der Waals surface area contributed by atoms with E-state index in [-0.39, 0.29) is 10.8 Å². The second kappa shape index (κ2) is 7.13. The molecule has 0 spiro atoms. The van der Waals surface area contributed by atoms with Gasteiger partial charge in [0.15, 0.2) is 0 Å². The highest BCUT2D eigenvalue weighted by atomic mass is 32.2. The van der Waals surface area contributed by atoms with Crippen molar-refractivity contribution in [2.45, 2.75) is 18.2 Å². The number of anilines is 2. The Hall–Kier alpha value is -3.12. The highest BCUT2D eigenvalue weighted by Gasteiger charge is 2.25. The zero-order valence-electron chi connectivity index (χ0n) is 15.4. The molecule has 1 heterocycles. The minimum Gasteiger partial charge on any atom is -0.308 e. The Balaban J connectivity index is 1.54. The van der Waals surface area contributed by atoms with Gasteiger partial charge in [-0.2, -0.15) is 0 Å². The lowest BCUT2D eigenvalue weighted by Gasteiger charge is -2.17. The van der Waals surface area contributed by atoms with Gasteiger partial charge in [-0.3, -0.25) is 9.52 Å². The van der Waals surface area contributed by atoms with Crippen molar-refractivity contribution >= 4 is 27.3 Å². The minimum atomic E-state index is -3.71. The van der Waals surface area contributed by atoms with Crippen molar-refractivity contribution in [1.29, 1.82) is 0 Å². The first-order valence-corrected chi connectivity index (χ1v) is 10.5. The third-order valence-electron chi connectivity index (χ3n) is 4.85. The van der Waals surface area contributed by atoms with E-state index in [0.29, 0.717) is 17.8 Å². The summed E-state index contributed by atoms with van der Waals surface area (Å²) in [5.74, 6) is -0.125. The predicted molar refractivity (Wildman–Crippen MR) is 110 cm³/mol. The van der Waals surface area contributed by atoms with Crippen LogP contribution >= 0.6 is 0 Å². The largest absolute Gasteiger partial charge is 0.308 e. The Kier molecular flexibility index (Phi) is 4.65. The molecular formula is C22H20N2O3S. The van der Waals surface area contributed by atoms with E-state index in [1.54, 1.807) is 29.2 Å². The smallest absolute Gasteiger partial charge is 0.261 e. The number of fused-ring (bicyclic) bond motifs is 1. The summed E-state index contributed by atoms with van der Waals surface area (Å²) in [6.45, 7) is 2.57. The number of aryl methyl sites for hydroxylation is 1. The van der Waals surface area contributed by atoms with Crippen LogP contribution in [0.15, 0.2) is 77.7 Å². The Labute approximate surface area is 164 Å². The van der Waals surface area contributed by atoms with Gasteiger partial charge in [-0.15, -0.1) is 0 Å². The highest BCUT2D eigenvalue weighted by Crippen LogP contribution is 2.29. The summed E-state index contributed by atoms with van der Waals surface area (Å²) < 4.78 is 27.7. The first-order valence-electron chi connectivity index (χ1n) is 9.03. The molecule has 0 radical (unpaired) electrons. The highest BCUT2D eigenvalue weighted by molar-refractivity contribution is 7.92. The van der Waals surface area contributed by atoms with Crippen molar-refractivity contribution in [2.24, 2.45) is 0 Å². The fourth-order valence-corrected chi connectivity index (χ4v) is 4.38. The number of hydrogen-bond donors (Lipinski definition) is 1. The monoisotopic (exact) mass is 392 g/mol. The number of sulfonamides is 1. The molecular weight excluding hydrogens is 372 g/mol. The number of benzene rings is 3. The van der Waals surface area contributed by atoms with Crippen molar-refractivity contribution in [3.63, 3.8) is 0 Å². The first-order chi connectivity index (χ1) is 13.4. The molecule has 0 aliphatic carbocycles. The van der Waals surface area contributed by atoms with Crippen molar-refractivity contribution in [2.75, 3.05) is 16.2 Å². The van der Waals surface area contributed by atoms with Gasteiger partial charge >= 0.3 is 0 Å². The molecule has 0 saturated carbocycles. The molecule has 0 atom stereocenters. The number of hydrogen-bond acceptors (Lipinski definition) is 3. The standard InChI is InChI=1S/C22H20N2O3S/c1-16-6-10-19(11-7-16)23-28(26,27)20-12-8-18(9-13-20)22(25)24-15-14-17-4-2-3-5-21(17)24/h2-13,23H,14-15H2,1H3. The van der Waals surface area contributed by atoms with E-state index in [0.717, 1.165) is 23.2 Å². The normalized spacial score (nSPS) is 13.2.